The molecule has 2 nitrogen and oxygen atoms in total. The summed E-state index contributed by atoms with van der Waals surface area (Å²) in [6, 6.07) is 8.22. The van der Waals surface area contributed by atoms with Crippen molar-refractivity contribution in [3.63, 3.8) is 0 Å². The van der Waals surface area contributed by atoms with Crippen LogP contribution >= 0.6 is 0 Å². The molecule has 1 saturated carbocycles. The Kier molecular flexibility index (Phi) is 3.34. The average Bonchev–Trinajstić information content (AvgIpc) is 2.53. The van der Waals surface area contributed by atoms with E-state index in [4.69, 9.17) is 6.42 Å². The van der Waals surface area contributed by atoms with Gasteiger partial charge in [0.2, 0.25) is 0 Å². The van der Waals surface area contributed by atoms with Gasteiger partial charge in [0, 0.05) is 25.1 Å². The molecule has 0 N–H and O–H groups in total. The number of terminal acetylenes is 1. The largest absolute Gasteiger partial charge is 0.370 e. The molecule has 0 amide bonds. The third-order valence-corrected chi connectivity index (χ3v) is 5.99. The van der Waals surface area contributed by atoms with E-state index in [1.54, 1.807) is 0 Å². The number of nitrogens with zero attached hydrogens (tertiary/aromatic N) is 1. The highest BCUT2D eigenvalue weighted by molar-refractivity contribution is 6.10. The zero-order valence-electron chi connectivity index (χ0n) is 13.8. The van der Waals surface area contributed by atoms with Gasteiger partial charge in [0.05, 0.1) is 11.3 Å². The molecule has 23 heavy (non-hydrogen) atoms. The van der Waals surface area contributed by atoms with Gasteiger partial charge in [0.1, 0.15) is 0 Å². The van der Waals surface area contributed by atoms with Crippen LogP contribution in [0, 0.1) is 23.7 Å². The number of hydrogen-bond acceptors (Lipinski definition) is 2. The number of fused-ring (bicyclic) bond motifs is 1. The second-order valence-corrected chi connectivity index (χ2v) is 7.63. The molecule has 4 rings (SSSR count). The number of allylic oxidation sites excluding steroid dienone is 1. The molecule has 3 aliphatic rings. The predicted molar refractivity (Wildman–Crippen MR) is 92.5 cm³/mol. The number of likely N-dealkylation sites (tertiary alicyclic amines) is 1. The van der Waals surface area contributed by atoms with Crippen LogP contribution in [0.4, 0.5) is 0 Å². The lowest BCUT2D eigenvalue weighted by molar-refractivity contribution is -0.114. The summed E-state index contributed by atoms with van der Waals surface area (Å²) < 4.78 is 0. The van der Waals surface area contributed by atoms with Crippen molar-refractivity contribution in [2.45, 2.75) is 39.0 Å². The van der Waals surface area contributed by atoms with Crippen LogP contribution in [0.15, 0.2) is 29.8 Å². The third kappa shape index (κ3) is 2.30. The molecular formula is C21H23NO. The standard InChI is InChI=1S/C21H23NO/c1-3-17-19(23)12-16-6-4-5-7-18(16)20(17)22-10-8-21(9-11-22)13-15(2)14-21/h1,4-7,15H,8-14H2,2H3. The molecule has 0 aromatic heterocycles. The maximum Gasteiger partial charge on any atom is 0.177 e. The molecule has 0 bridgehead atoms. The summed E-state index contributed by atoms with van der Waals surface area (Å²) in [7, 11) is 0. The quantitative estimate of drug-likeness (QED) is 0.738. The molecule has 2 heteroatoms. The summed E-state index contributed by atoms with van der Waals surface area (Å²) in [6.45, 7) is 4.40. The third-order valence-electron chi connectivity index (χ3n) is 5.99. The van der Waals surface area contributed by atoms with Crippen LogP contribution < -0.4 is 0 Å². The van der Waals surface area contributed by atoms with Crippen molar-refractivity contribution in [3.8, 4) is 12.3 Å². The van der Waals surface area contributed by atoms with E-state index < -0.39 is 0 Å². The van der Waals surface area contributed by atoms with Gasteiger partial charge in [-0.2, -0.15) is 0 Å². The fraction of sp³-hybridized carbons (Fsp3) is 0.476. The Balaban J connectivity index is 1.66. The summed E-state index contributed by atoms with van der Waals surface area (Å²) in [5.74, 6) is 3.67. The minimum Gasteiger partial charge on any atom is -0.370 e. The minimum absolute atomic E-state index is 0.0961. The Morgan fingerprint density at radius 2 is 1.91 bits per heavy atom. The van der Waals surface area contributed by atoms with Crippen molar-refractivity contribution < 1.29 is 4.79 Å². The van der Waals surface area contributed by atoms with Crippen LogP contribution in [0.3, 0.4) is 0 Å². The number of carbonyl (C=O) groups is 1. The van der Waals surface area contributed by atoms with Gasteiger partial charge in [-0.1, -0.05) is 37.1 Å². The number of piperidine rings is 1. The van der Waals surface area contributed by atoms with Gasteiger partial charge in [-0.05, 0) is 42.6 Å². The molecule has 1 heterocycles. The van der Waals surface area contributed by atoms with Crippen LogP contribution in [0.1, 0.15) is 43.7 Å². The summed E-state index contributed by atoms with van der Waals surface area (Å²) in [6.07, 6.45) is 11.3. The number of rotatable bonds is 1. The smallest absolute Gasteiger partial charge is 0.177 e. The molecule has 1 aromatic rings. The molecule has 1 spiro atoms. The predicted octanol–water partition coefficient (Wildman–Crippen LogP) is 3.67. The first-order valence-corrected chi connectivity index (χ1v) is 8.69. The van der Waals surface area contributed by atoms with Gasteiger partial charge in [-0.3, -0.25) is 4.79 Å². The molecule has 1 aliphatic heterocycles. The second kappa shape index (κ2) is 5.27. The SMILES string of the molecule is C#CC1=C(N2CCC3(CC2)CC(C)C3)c2ccccc2CC1=O. The Morgan fingerprint density at radius 1 is 1.22 bits per heavy atom. The molecular weight excluding hydrogens is 282 g/mol. The average molecular weight is 305 g/mol. The molecule has 2 aliphatic carbocycles. The Hall–Kier alpha value is -2.01. The van der Waals surface area contributed by atoms with E-state index in [0.717, 1.165) is 35.8 Å². The van der Waals surface area contributed by atoms with E-state index in [9.17, 15) is 4.79 Å². The first-order chi connectivity index (χ1) is 11.1. The lowest BCUT2D eigenvalue weighted by Gasteiger charge is -2.52. The lowest BCUT2D eigenvalue weighted by atomic mass is 9.58. The minimum atomic E-state index is 0.0961. The van der Waals surface area contributed by atoms with E-state index in [1.807, 2.05) is 12.1 Å². The summed E-state index contributed by atoms with van der Waals surface area (Å²) in [5.41, 5.74) is 4.45. The van der Waals surface area contributed by atoms with Gasteiger partial charge in [-0.15, -0.1) is 6.42 Å². The van der Waals surface area contributed by atoms with Gasteiger partial charge in [-0.25, -0.2) is 0 Å². The first-order valence-electron chi connectivity index (χ1n) is 8.69. The van der Waals surface area contributed by atoms with Gasteiger partial charge in [0.25, 0.3) is 0 Å². The van der Waals surface area contributed by atoms with Gasteiger partial charge >= 0.3 is 0 Å². The van der Waals surface area contributed by atoms with Gasteiger partial charge in [0.15, 0.2) is 5.78 Å². The number of ketones is 1. The van der Waals surface area contributed by atoms with Crippen LogP contribution in [0.25, 0.3) is 5.70 Å². The second-order valence-electron chi connectivity index (χ2n) is 7.63. The summed E-state index contributed by atoms with van der Waals surface area (Å²) >= 11 is 0. The number of Topliss-reactive ketones (excluding diaryl/α,β-unsaturated/α-hetero) is 1. The van der Waals surface area contributed by atoms with E-state index in [0.29, 0.717) is 17.4 Å². The highest BCUT2D eigenvalue weighted by atomic mass is 16.1. The summed E-state index contributed by atoms with van der Waals surface area (Å²) in [4.78, 5) is 14.8. The van der Waals surface area contributed by atoms with Crippen LogP contribution in [0.5, 0.6) is 0 Å². The van der Waals surface area contributed by atoms with E-state index in [1.165, 1.54) is 25.7 Å². The maximum atomic E-state index is 12.5. The van der Waals surface area contributed by atoms with E-state index in [2.05, 4.69) is 29.9 Å². The fourth-order valence-corrected chi connectivity index (χ4v) is 4.94. The highest BCUT2D eigenvalue weighted by Gasteiger charge is 2.44. The topological polar surface area (TPSA) is 20.3 Å². The van der Waals surface area contributed by atoms with Crippen LogP contribution in [0.2, 0.25) is 0 Å². The van der Waals surface area contributed by atoms with Crippen molar-refractivity contribution in [1.82, 2.24) is 4.90 Å². The highest BCUT2D eigenvalue weighted by Crippen LogP contribution is 2.53. The van der Waals surface area contributed by atoms with Crippen molar-refractivity contribution in [3.05, 3.63) is 41.0 Å². The number of carbonyl (C=O) groups excluding carboxylic acids is 1. The maximum absolute atomic E-state index is 12.5. The monoisotopic (exact) mass is 305 g/mol. The molecule has 0 atom stereocenters. The number of benzene rings is 1. The van der Waals surface area contributed by atoms with Crippen LogP contribution in [-0.2, 0) is 11.2 Å². The van der Waals surface area contributed by atoms with Crippen LogP contribution in [-0.4, -0.2) is 23.8 Å². The number of hydrogen-bond donors (Lipinski definition) is 0. The zero-order valence-corrected chi connectivity index (χ0v) is 13.8. The molecule has 0 radical (unpaired) electrons. The normalized spacial score (nSPS) is 23.5. The first kappa shape index (κ1) is 14.6. The Bertz CT molecular complexity index is 720. The lowest BCUT2D eigenvalue weighted by Crippen LogP contribution is -2.46. The van der Waals surface area contributed by atoms with Crippen molar-refractivity contribution in [1.29, 1.82) is 0 Å². The molecule has 118 valence electrons. The fourth-order valence-electron chi connectivity index (χ4n) is 4.94. The molecule has 1 saturated heterocycles. The van der Waals surface area contributed by atoms with E-state index >= 15 is 0 Å². The van der Waals surface area contributed by atoms with E-state index in [-0.39, 0.29) is 5.78 Å². The summed E-state index contributed by atoms with van der Waals surface area (Å²) in [5, 5.41) is 0. The molecule has 2 fully saturated rings. The van der Waals surface area contributed by atoms with Crippen molar-refractivity contribution in [2.75, 3.05) is 13.1 Å². The van der Waals surface area contributed by atoms with Crippen molar-refractivity contribution >= 4 is 11.5 Å². The molecule has 1 aromatic carbocycles. The molecule has 0 unspecified atom stereocenters. The van der Waals surface area contributed by atoms with Gasteiger partial charge < -0.3 is 4.90 Å². The van der Waals surface area contributed by atoms with Crippen molar-refractivity contribution in [2.24, 2.45) is 11.3 Å². The Morgan fingerprint density at radius 3 is 2.57 bits per heavy atom. The Labute approximate surface area is 138 Å². The zero-order chi connectivity index (χ0) is 16.0.